The van der Waals surface area contributed by atoms with Crippen molar-refractivity contribution in [1.29, 1.82) is 5.26 Å². The number of rotatable bonds is 2. The molecule has 0 bridgehead atoms. The smallest absolute Gasteiger partial charge is 0.253 e. The first-order chi connectivity index (χ1) is 10.1. The molecule has 1 aliphatic rings. The van der Waals surface area contributed by atoms with E-state index >= 15 is 0 Å². The largest absolute Gasteiger partial charge is 0.336 e. The molecule has 1 aliphatic heterocycles. The summed E-state index contributed by atoms with van der Waals surface area (Å²) in [4.78, 5) is 16.6. The highest BCUT2D eigenvalue weighted by Gasteiger charge is 2.23. The SMILES string of the molecule is CC.CC(C)N1CCN(C(=O)c2cccc(C#N)c2)CC1. The van der Waals surface area contributed by atoms with Gasteiger partial charge in [0.2, 0.25) is 0 Å². The third-order valence-electron chi connectivity index (χ3n) is 3.57. The van der Waals surface area contributed by atoms with E-state index in [2.05, 4.69) is 24.8 Å². The van der Waals surface area contributed by atoms with Crippen molar-refractivity contribution in [1.82, 2.24) is 9.80 Å². The van der Waals surface area contributed by atoms with Gasteiger partial charge in [0.1, 0.15) is 0 Å². The highest BCUT2D eigenvalue weighted by Crippen LogP contribution is 2.12. The summed E-state index contributed by atoms with van der Waals surface area (Å²) in [7, 11) is 0. The van der Waals surface area contributed by atoms with Crippen LogP contribution in [0, 0.1) is 11.3 Å². The van der Waals surface area contributed by atoms with Crippen molar-refractivity contribution in [2.24, 2.45) is 0 Å². The van der Waals surface area contributed by atoms with Crippen LogP contribution in [0.3, 0.4) is 0 Å². The fraction of sp³-hybridized carbons (Fsp3) is 0.529. The number of benzene rings is 1. The number of amides is 1. The molecule has 0 radical (unpaired) electrons. The van der Waals surface area contributed by atoms with Crippen LogP contribution in [-0.2, 0) is 0 Å². The van der Waals surface area contributed by atoms with Crippen LogP contribution in [0.25, 0.3) is 0 Å². The number of nitrogens with zero attached hydrogens (tertiary/aromatic N) is 3. The van der Waals surface area contributed by atoms with Crippen LogP contribution < -0.4 is 0 Å². The first-order valence-corrected chi connectivity index (χ1v) is 7.65. The van der Waals surface area contributed by atoms with Gasteiger partial charge < -0.3 is 4.90 Å². The van der Waals surface area contributed by atoms with Crippen molar-refractivity contribution in [3.05, 3.63) is 35.4 Å². The van der Waals surface area contributed by atoms with E-state index < -0.39 is 0 Å². The summed E-state index contributed by atoms with van der Waals surface area (Å²) >= 11 is 0. The zero-order valence-electron chi connectivity index (χ0n) is 13.5. The average Bonchev–Trinajstić information content (AvgIpc) is 2.56. The van der Waals surface area contributed by atoms with E-state index in [1.54, 1.807) is 24.3 Å². The van der Waals surface area contributed by atoms with Crippen molar-refractivity contribution < 1.29 is 4.79 Å². The Balaban J connectivity index is 0.00000106. The summed E-state index contributed by atoms with van der Waals surface area (Å²) in [6, 6.07) is 9.51. The van der Waals surface area contributed by atoms with Gasteiger partial charge in [0.25, 0.3) is 5.91 Å². The van der Waals surface area contributed by atoms with Gasteiger partial charge in [0.05, 0.1) is 11.6 Å². The molecule has 1 heterocycles. The topological polar surface area (TPSA) is 47.3 Å². The molecule has 4 heteroatoms. The minimum Gasteiger partial charge on any atom is -0.336 e. The van der Waals surface area contributed by atoms with Gasteiger partial charge in [-0.1, -0.05) is 19.9 Å². The summed E-state index contributed by atoms with van der Waals surface area (Å²) in [5.41, 5.74) is 1.14. The Bertz CT molecular complexity index is 497. The van der Waals surface area contributed by atoms with Gasteiger partial charge in [-0.2, -0.15) is 5.26 Å². The highest BCUT2D eigenvalue weighted by molar-refractivity contribution is 5.94. The van der Waals surface area contributed by atoms with E-state index in [-0.39, 0.29) is 5.91 Å². The molecule has 0 aliphatic carbocycles. The van der Waals surface area contributed by atoms with E-state index in [0.717, 1.165) is 26.2 Å². The van der Waals surface area contributed by atoms with Crippen LogP contribution in [0.1, 0.15) is 43.6 Å². The number of piperazine rings is 1. The molecule has 0 saturated carbocycles. The third kappa shape index (κ3) is 4.57. The molecule has 1 aromatic rings. The second-order valence-corrected chi connectivity index (χ2v) is 5.11. The van der Waals surface area contributed by atoms with Crippen LogP contribution in [0.4, 0.5) is 0 Å². The van der Waals surface area contributed by atoms with Crippen LogP contribution in [-0.4, -0.2) is 47.9 Å². The van der Waals surface area contributed by atoms with Gasteiger partial charge in [0.15, 0.2) is 0 Å². The molecule has 2 rings (SSSR count). The number of hydrogen-bond acceptors (Lipinski definition) is 3. The Morgan fingerprint density at radius 3 is 2.33 bits per heavy atom. The Hall–Kier alpha value is -1.86. The lowest BCUT2D eigenvalue weighted by molar-refractivity contribution is 0.0595. The van der Waals surface area contributed by atoms with Crippen LogP contribution >= 0.6 is 0 Å². The lowest BCUT2D eigenvalue weighted by atomic mass is 10.1. The fourth-order valence-corrected chi connectivity index (χ4v) is 2.35. The van der Waals surface area contributed by atoms with Gasteiger partial charge in [-0.25, -0.2) is 0 Å². The molecule has 4 nitrogen and oxygen atoms in total. The molecule has 1 fully saturated rings. The molecule has 1 aromatic carbocycles. The maximum Gasteiger partial charge on any atom is 0.253 e. The predicted octanol–water partition coefficient (Wildman–Crippen LogP) is 2.75. The molecule has 1 saturated heterocycles. The number of hydrogen-bond donors (Lipinski definition) is 0. The van der Waals surface area contributed by atoms with Crippen LogP contribution in [0.15, 0.2) is 24.3 Å². The Labute approximate surface area is 128 Å². The van der Waals surface area contributed by atoms with E-state index in [1.807, 2.05) is 18.7 Å². The molecular weight excluding hydrogens is 262 g/mol. The number of carbonyl (C=O) groups is 1. The van der Waals surface area contributed by atoms with Gasteiger partial charge >= 0.3 is 0 Å². The predicted molar refractivity (Wildman–Crippen MR) is 85.1 cm³/mol. The minimum atomic E-state index is 0.0282. The van der Waals surface area contributed by atoms with Crippen LogP contribution in [0.5, 0.6) is 0 Å². The Morgan fingerprint density at radius 1 is 1.19 bits per heavy atom. The molecule has 0 aromatic heterocycles. The Kier molecular flexibility index (Phi) is 6.90. The van der Waals surface area contributed by atoms with Gasteiger partial charge in [-0.05, 0) is 32.0 Å². The van der Waals surface area contributed by atoms with Crippen molar-refractivity contribution in [3.8, 4) is 6.07 Å². The summed E-state index contributed by atoms with van der Waals surface area (Å²) < 4.78 is 0. The van der Waals surface area contributed by atoms with E-state index in [9.17, 15) is 4.79 Å². The Morgan fingerprint density at radius 2 is 1.81 bits per heavy atom. The van der Waals surface area contributed by atoms with Crippen molar-refractivity contribution >= 4 is 5.91 Å². The second kappa shape index (κ2) is 8.43. The number of nitriles is 1. The normalized spacial score (nSPS) is 15.1. The number of carbonyl (C=O) groups excluding carboxylic acids is 1. The van der Waals surface area contributed by atoms with Crippen molar-refractivity contribution in [2.75, 3.05) is 26.2 Å². The summed E-state index contributed by atoms with van der Waals surface area (Å²) in [5.74, 6) is 0.0282. The minimum absolute atomic E-state index is 0.0282. The zero-order valence-corrected chi connectivity index (χ0v) is 13.5. The highest BCUT2D eigenvalue weighted by atomic mass is 16.2. The average molecular weight is 287 g/mol. The molecule has 0 unspecified atom stereocenters. The van der Waals surface area contributed by atoms with Gasteiger partial charge in [-0.15, -0.1) is 0 Å². The summed E-state index contributed by atoms with van der Waals surface area (Å²) in [6.45, 7) is 11.7. The summed E-state index contributed by atoms with van der Waals surface area (Å²) in [6.07, 6.45) is 0. The molecule has 114 valence electrons. The van der Waals surface area contributed by atoms with E-state index in [4.69, 9.17) is 5.26 Å². The van der Waals surface area contributed by atoms with Crippen LogP contribution in [0.2, 0.25) is 0 Å². The summed E-state index contributed by atoms with van der Waals surface area (Å²) in [5, 5.41) is 8.87. The molecular formula is C17H25N3O. The molecule has 0 atom stereocenters. The molecule has 1 amide bonds. The monoisotopic (exact) mass is 287 g/mol. The van der Waals surface area contributed by atoms with Gasteiger partial charge in [-0.3, -0.25) is 9.69 Å². The molecule has 0 spiro atoms. The molecule has 21 heavy (non-hydrogen) atoms. The maximum atomic E-state index is 12.3. The fourth-order valence-electron chi connectivity index (χ4n) is 2.35. The van der Waals surface area contributed by atoms with E-state index in [0.29, 0.717) is 17.2 Å². The first-order valence-electron chi connectivity index (χ1n) is 7.65. The third-order valence-corrected chi connectivity index (χ3v) is 3.57. The standard InChI is InChI=1S/C15H19N3O.C2H6/c1-12(2)17-6-8-18(9-7-17)15(19)14-5-3-4-13(10-14)11-16;1-2/h3-5,10,12H,6-9H2,1-2H3;1-2H3. The first kappa shape index (κ1) is 17.2. The lowest BCUT2D eigenvalue weighted by Crippen LogP contribution is -2.50. The van der Waals surface area contributed by atoms with Gasteiger partial charge in [0, 0.05) is 37.8 Å². The lowest BCUT2D eigenvalue weighted by Gasteiger charge is -2.37. The quantitative estimate of drug-likeness (QED) is 0.840. The maximum absolute atomic E-state index is 12.3. The van der Waals surface area contributed by atoms with Crippen molar-refractivity contribution in [3.63, 3.8) is 0 Å². The zero-order chi connectivity index (χ0) is 15.8. The second-order valence-electron chi connectivity index (χ2n) is 5.11. The molecule has 0 N–H and O–H groups in total. The van der Waals surface area contributed by atoms with E-state index in [1.165, 1.54) is 0 Å². The van der Waals surface area contributed by atoms with Crippen molar-refractivity contribution in [2.45, 2.75) is 33.7 Å².